The first-order chi connectivity index (χ1) is 12.8. The Labute approximate surface area is 164 Å². The van der Waals surface area contributed by atoms with Crippen LogP contribution in [0.1, 0.15) is 12.5 Å². The summed E-state index contributed by atoms with van der Waals surface area (Å²) in [6.45, 7) is 2.99. The lowest BCUT2D eigenvalue weighted by molar-refractivity contribution is -0.123. The van der Waals surface area contributed by atoms with Crippen molar-refractivity contribution in [3.63, 3.8) is 0 Å². The number of nitrogens with zero attached hydrogens (tertiary/aromatic N) is 1. The Balaban J connectivity index is 1.80. The van der Waals surface area contributed by atoms with E-state index in [0.717, 1.165) is 10.0 Å². The quantitative estimate of drug-likeness (QED) is 0.778. The van der Waals surface area contributed by atoms with Gasteiger partial charge in [-0.3, -0.25) is 19.3 Å². The van der Waals surface area contributed by atoms with Crippen molar-refractivity contribution >= 4 is 50.7 Å². The second kappa shape index (κ2) is 7.79. The summed E-state index contributed by atoms with van der Waals surface area (Å²) in [5, 5.41) is 5.45. The van der Waals surface area contributed by atoms with Gasteiger partial charge < -0.3 is 15.4 Å². The zero-order chi connectivity index (χ0) is 19.6. The molecule has 0 unspecified atom stereocenters. The maximum absolute atomic E-state index is 12.6. The van der Waals surface area contributed by atoms with Crippen molar-refractivity contribution in [2.45, 2.75) is 13.8 Å². The maximum Gasteiger partial charge on any atom is 0.265 e. The highest BCUT2D eigenvalue weighted by molar-refractivity contribution is 9.10. The Morgan fingerprint density at radius 3 is 2.67 bits per heavy atom. The molecule has 1 aliphatic heterocycles. The zero-order valence-corrected chi connectivity index (χ0v) is 16.4. The van der Waals surface area contributed by atoms with Crippen molar-refractivity contribution in [1.29, 1.82) is 0 Å². The fraction of sp³-hybridized carbons (Fsp3) is 0.211. The first-order valence-electron chi connectivity index (χ1n) is 8.24. The van der Waals surface area contributed by atoms with Crippen molar-refractivity contribution in [2.24, 2.45) is 0 Å². The minimum Gasteiger partial charge on any atom is -0.482 e. The second-order valence-electron chi connectivity index (χ2n) is 6.16. The molecular weight excluding hydrogens is 414 g/mol. The van der Waals surface area contributed by atoms with Crippen LogP contribution < -0.4 is 20.3 Å². The van der Waals surface area contributed by atoms with E-state index in [-0.39, 0.29) is 30.9 Å². The van der Waals surface area contributed by atoms with E-state index >= 15 is 0 Å². The highest BCUT2D eigenvalue weighted by Crippen LogP contribution is 2.34. The third-order valence-corrected chi connectivity index (χ3v) is 4.42. The van der Waals surface area contributed by atoms with Crippen LogP contribution in [-0.2, 0) is 14.4 Å². The van der Waals surface area contributed by atoms with Gasteiger partial charge in [-0.05, 0) is 42.8 Å². The van der Waals surface area contributed by atoms with Gasteiger partial charge in [0.2, 0.25) is 11.8 Å². The van der Waals surface area contributed by atoms with E-state index in [2.05, 4.69) is 26.6 Å². The molecule has 0 radical (unpaired) electrons. The first-order valence-corrected chi connectivity index (χ1v) is 9.03. The summed E-state index contributed by atoms with van der Waals surface area (Å²) >= 11 is 3.36. The molecule has 0 spiro atoms. The normalized spacial score (nSPS) is 12.9. The first kappa shape index (κ1) is 18.9. The van der Waals surface area contributed by atoms with Gasteiger partial charge in [0.1, 0.15) is 12.3 Å². The van der Waals surface area contributed by atoms with E-state index in [9.17, 15) is 14.4 Å². The van der Waals surface area contributed by atoms with Gasteiger partial charge in [0.05, 0.1) is 17.1 Å². The molecule has 0 saturated heterocycles. The summed E-state index contributed by atoms with van der Waals surface area (Å²) in [6, 6.07) is 10.6. The lowest BCUT2D eigenvalue weighted by atomic mass is 10.2. The average Bonchev–Trinajstić information content (AvgIpc) is 2.59. The Bertz CT molecular complexity index is 929. The molecule has 0 aliphatic carbocycles. The molecule has 2 N–H and O–H groups in total. The number of fused-ring (bicyclic) bond motifs is 1. The largest absolute Gasteiger partial charge is 0.482 e. The Kier molecular flexibility index (Phi) is 5.46. The van der Waals surface area contributed by atoms with Gasteiger partial charge in [-0.2, -0.15) is 0 Å². The summed E-state index contributed by atoms with van der Waals surface area (Å²) in [5.41, 5.74) is 2.44. The molecule has 0 fully saturated rings. The number of halogens is 1. The van der Waals surface area contributed by atoms with Crippen molar-refractivity contribution < 1.29 is 19.1 Å². The maximum atomic E-state index is 12.6. The number of amides is 3. The van der Waals surface area contributed by atoms with E-state index in [1.807, 2.05) is 13.0 Å². The van der Waals surface area contributed by atoms with Crippen LogP contribution in [0.2, 0.25) is 0 Å². The number of rotatable bonds is 4. The topological polar surface area (TPSA) is 87.7 Å². The zero-order valence-electron chi connectivity index (χ0n) is 14.8. The van der Waals surface area contributed by atoms with E-state index in [1.165, 1.54) is 11.8 Å². The molecule has 2 aromatic carbocycles. The van der Waals surface area contributed by atoms with Gasteiger partial charge in [-0.25, -0.2) is 0 Å². The van der Waals surface area contributed by atoms with Gasteiger partial charge in [-0.15, -0.1) is 0 Å². The van der Waals surface area contributed by atoms with Gasteiger partial charge in [0.15, 0.2) is 6.61 Å². The summed E-state index contributed by atoms with van der Waals surface area (Å²) in [5.74, 6) is -0.383. The van der Waals surface area contributed by atoms with Gasteiger partial charge >= 0.3 is 0 Å². The summed E-state index contributed by atoms with van der Waals surface area (Å²) in [6.07, 6.45) is 0. The molecule has 1 heterocycles. The number of benzene rings is 2. The fourth-order valence-electron chi connectivity index (χ4n) is 2.75. The minimum absolute atomic E-state index is 0.127. The molecule has 2 aromatic rings. The number of carbonyl (C=O) groups is 3. The number of aryl methyl sites for hydroxylation is 1. The molecule has 3 amide bonds. The van der Waals surface area contributed by atoms with Crippen LogP contribution in [0.4, 0.5) is 17.1 Å². The second-order valence-corrected chi connectivity index (χ2v) is 7.07. The van der Waals surface area contributed by atoms with Gasteiger partial charge in [0, 0.05) is 11.4 Å². The van der Waals surface area contributed by atoms with Crippen LogP contribution in [0.25, 0.3) is 0 Å². The molecule has 27 heavy (non-hydrogen) atoms. The van der Waals surface area contributed by atoms with Crippen LogP contribution in [0, 0.1) is 6.92 Å². The summed E-state index contributed by atoms with van der Waals surface area (Å²) in [4.78, 5) is 37.6. The molecule has 0 bridgehead atoms. The summed E-state index contributed by atoms with van der Waals surface area (Å²) < 4.78 is 6.24. The predicted octanol–water partition coefficient (Wildman–Crippen LogP) is 3.08. The molecule has 3 rings (SSSR count). The molecule has 8 heteroatoms. The third-order valence-electron chi connectivity index (χ3n) is 3.93. The lowest BCUT2D eigenvalue weighted by Crippen LogP contribution is -2.43. The van der Waals surface area contributed by atoms with Crippen molar-refractivity contribution in [1.82, 2.24) is 0 Å². The number of hydrogen-bond acceptors (Lipinski definition) is 4. The van der Waals surface area contributed by atoms with Crippen LogP contribution in [-0.4, -0.2) is 30.9 Å². The number of ether oxygens (including phenoxy) is 1. The van der Waals surface area contributed by atoms with E-state index in [4.69, 9.17) is 4.74 Å². The molecule has 0 aromatic heterocycles. The Morgan fingerprint density at radius 1 is 1.15 bits per heavy atom. The SMILES string of the molecule is CC(=O)Nc1ccc(C)cc1NC(=O)CN1C(=O)COc2cc(Br)ccc21. The standard InChI is InChI=1S/C19H18BrN3O4/c1-11-3-5-14(21-12(2)24)15(7-11)22-18(25)9-23-16-6-4-13(20)8-17(16)27-10-19(23)26/h3-8H,9-10H2,1-2H3,(H,21,24)(H,22,25). The van der Waals surface area contributed by atoms with Gasteiger partial charge in [0.25, 0.3) is 5.91 Å². The predicted molar refractivity (Wildman–Crippen MR) is 106 cm³/mol. The highest BCUT2D eigenvalue weighted by Gasteiger charge is 2.27. The molecule has 140 valence electrons. The van der Waals surface area contributed by atoms with E-state index < -0.39 is 0 Å². The highest BCUT2D eigenvalue weighted by atomic mass is 79.9. The lowest BCUT2D eigenvalue weighted by Gasteiger charge is -2.29. The summed E-state index contributed by atoms with van der Waals surface area (Å²) in [7, 11) is 0. The number of hydrogen-bond donors (Lipinski definition) is 2. The Morgan fingerprint density at radius 2 is 1.93 bits per heavy atom. The van der Waals surface area contributed by atoms with Crippen LogP contribution in [0.5, 0.6) is 5.75 Å². The van der Waals surface area contributed by atoms with Crippen molar-refractivity contribution in [3.05, 3.63) is 46.4 Å². The van der Waals surface area contributed by atoms with Crippen LogP contribution >= 0.6 is 15.9 Å². The van der Waals surface area contributed by atoms with Gasteiger partial charge in [-0.1, -0.05) is 22.0 Å². The molecule has 0 saturated carbocycles. The molecule has 7 nitrogen and oxygen atoms in total. The molecular formula is C19H18BrN3O4. The van der Waals surface area contributed by atoms with Crippen molar-refractivity contribution in [2.75, 3.05) is 28.7 Å². The van der Waals surface area contributed by atoms with Crippen LogP contribution in [0.3, 0.4) is 0 Å². The van der Waals surface area contributed by atoms with E-state index in [1.54, 1.807) is 30.3 Å². The molecule has 1 aliphatic rings. The minimum atomic E-state index is -0.378. The van der Waals surface area contributed by atoms with Crippen molar-refractivity contribution in [3.8, 4) is 5.75 Å². The smallest absolute Gasteiger partial charge is 0.265 e. The average molecular weight is 432 g/mol. The Hall–Kier alpha value is -2.87. The van der Waals surface area contributed by atoms with Crippen LogP contribution in [0.15, 0.2) is 40.9 Å². The van der Waals surface area contributed by atoms with E-state index in [0.29, 0.717) is 22.8 Å². The number of carbonyl (C=O) groups excluding carboxylic acids is 3. The molecule has 0 atom stereocenters. The number of nitrogens with one attached hydrogen (secondary N) is 2. The fourth-order valence-corrected chi connectivity index (χ4v) is 3.09. The number of anilines is 3. The third kappa shape index (κ3) is 4.46. The monoisotopic (exact) mass is 431 g/mol.